The quantitative estimate of drug-likeness (QED) is 0.916. The van der Waals surface area contributed by atoms with Gasteiger partial charge in [0.05, 0.1) is 11.3 Å². The van der Waals surface area contributed by atoms with Crippen LogP contribution < -0.4 is 5.32 Å². The van der Waals surface area contributed by atoms with Crippen molar-refractivity contribution in [2.45, 2.75) is 18.9 Å². The number of benzene rings is 1. The summed E-state index contributed by atoms with van der Waals surface area (Å²) in [6, 6.07) is 4.98. The zero-order valence-electron chi connectivity index (χ0n) is 12.3. The molecule has 1 aliphatic rings. The lowest BCUT2D eigenvalue weighted by Crippen LogP contribution is -2.39. The van der Waals surface area contributed by atoms with Crippen molar-refractivity contribution in [3.05, 3.63) is 29.6 Å². The Kier molecular flexibility index (Phi) is 4.60. The molecule has 1 amide bonds. The fourth-order valence-electron chi connectivity index (χ4n) is 2.77. The molecule has 0 spiro atoms. The van der Waals surface area contributed by atoms with E-state index in [1.54, 1.807) is 31.1 Å². The number of halogens is 1. The lowest BCUT2D eigenvalue weighted by Gasteiger charge is -2.26. The van der Waals surface area contributed by atoms with Gasteiger partial charge in [0.15, 0.2) is 0 Å². The molecule has 1 aliphatic heterocycles. The number of hydrogen-bond acceptors (Lipinski definition) is 3. The highest BCUT2D eigenvalue weighted by atomic mass is 19.1. The van der Waals surface area contributed by atoms with Crippen LogP contribution in [0.15, 0.2) is 18.2 Å². The van der Waals surface area contributed by atoms with Crippen LogP contribution in [-0.2, 0) is 0 Å². The van der Waals surface area contributed by atoms with Crippen molar-refractivity contribution in [2.24, 2.45) is 0 Å². The Labute approximate surface area is 119 Å². The smallest absolute Gasteiger partial charge is 0.255 e. The van der Waals surface area contributed by atoms with Gasteiger partial charge in [-0.25, -0.2) is 4.39 Å². The molecule has 1 heterocycles. The number of hydrogen-bond donors (Lipinski definition) is 1. The Morgan fingerprint density at radius 1 is 1.55 bits per heavy atom. The molecule has 110 valence electrons. The summed E-state index contributed by atoms with van der Waals surface area (Å²) in [6.07, 6.45) is 2.28. The Morgan fingerprint density at radius 2 is 2.30 bits per heavy atom. The molecule has 20 heavy (non-hydrogen) atoms. The van der Waals surface area contributed by atoms with E-state index in [2.05, 4.69) is 17.3 Å². The van der Waals surface area contributed by atoms with Crippen molar-refractivity contribution in [3.63, 3.8) is 0 Å². The second kappa shape index (κ2) is 6.22. The van der Waals surface area contributed by atoms with Crippen molar-refractivity contribution < 1.29 is 9.18 Å². The predicted octanol–water partition coefficient (Wildman–Crippen LogP) is 2.03. The van der Waals surface area contributed by atoms with Crippen LogP contribution in [0.4, 0.5) is 10.1 Å². The molecule has 1 fully saturated rings. The zero-order valence-corrected chi connectivity index (χ0v) is 12.3. The van der Waals surface area contributed by atoms with Crippen LogP contribution in [0.2, 0.25) is 0 Å². The van der Waals surface area contributed by atoms with E-state index in [4.69, 9.17) is 0 Å². The van der Waals surface area contributed by atoms with Crippen LogP contribution in [0.5, 0.6) is 0 Å². The minimum absolute atomic E-state index is 0.144. The monoisotopic (exact) mass is 279 g/mol. The van der Waals surface area contributed by atoms with E-state index in [0.717, 1.165) is 13.0 Å². The number of rotatable bonds is 4. The highest BCUT2D eigenvalue weighted by Gasteiger charge is 2.25. The van der Waals surface area contributed by atoms with Crippen molar-refractivity contribution >= 4 is 11.6 Å². The summed E-state index contributed by atoms with van der Waals surface area (Å²) in [5.41, 5.74) is 0.653. The SMILES string of the molecule is CNc1c(F)cccc1C(=O)N(C)CC1CCCN1C. The molecule has 0 saturated carbocycles. The molecule has 1 atom stereocenters. The molecule has 1 unspecified atom stereocenters. The van der Waals surface area contributed by atoms with Gasteiger partial charge >= 0.3 is 0 Å². The minimum Gasteiger partial charge on any atom is -0.385 e. The highest BCUT2D eigenvalue weighted by Crippen LogP contribution is 2.22. The largest absolute Gasteiger partial charge is 0.385 e. The van der Waals surface area contributed by atoms with E-state index in [1.807, 2.05) is 0 Å². The molecule has 0 aromatic heterocycles. The van der Waals surface area contributed by atoms with Crippen LogP contribution in [0.3, 0.4) is 0 Å². The van der Waals surface area contributed by atoms with Crippen LogP contribution in [0, 0.1) is 5.82 Å². The standard InChI is InChI=1S/C15H22FN3O/c1-17-14-12(7-4-8-13(14)16)15(20)19(3)10-11-6-5-9-18(11)2/h4,7-8,11,17H,5-6,9-10H2,1-3H3. The van der Waals surface area contributed by atoms with Crippen LogP contribution in [0.25, 0.3) is 0 Å². The Morgan fingerprint density at radius 3 is 2.90 bits per heavy atom. The number of likely N-dealkylation sites (tertiary alicyclic amines) is 1. The number of nitrogens with one attached hydrogen (secondary N) is 1. The maximum absolute atomic E-state index is 13.7. The molecule has 0 radical (unpaired) electrons. The molecule has 1 aromatic rings. The van der Waals surface area contributed by atoms with Gasteiger partial charge in [0, 0.05) is 26.7 Å². The molecule has 5 heteroatoms. The van der Waals surface area contributed by atoms with Crippen molar-refractivity contribution in [3.8, 4) is 0 Å². The number of likely N-dealkylation sites (N-methyl/N-ethyl adjacent to an activating group) is 2. The maximum Gasteiger partial charge on any atom is 0.255 e. The topological polar surface area (TPSA) is 35.6 Å². The second-order valence-corrected chi connectivity index (χ2v) is 5.37. The number of nitrogens with zero attached hydrogens (tertiary/aromatic N) is 2. The second-order valence-electron chi connectivity index (χ2n) is 5.37. The van der Waals surface area contributed by atoms with E-state index in [-0.39, 0.29) is 11.6 Å². The number of amides is 1. The fourth-order valence-corrected chi connectivity index (χ4v) is 2.77. The van der Waals surface area contributed by atoms with Gasteiger partial charge in [-0.3, -0.25) is 4.79 Å². The van der Waals surface area contributed by atoms with Gasteiger partial charge in [0.1, 0.15) is 5.82 Å². The predicted molar refractivity (Wildman–Crippen MR) is 78.6 cm³/mol. The first-order valence-electron chi connectivity index (χ1n) is 6.96. The average molecular weight is 279 g/mol. The average Bonchev–Trinajstić information content (AvgIpc) is 2.83. The third-order valence-corrected chi connectivity index (χ3v) is 4.00. The number of para-hydroxylation sites is 1. The Hall–Kier alpha value is -1.62. The van der Waals surface area contributed by atoms with E-state index >= 15 is 0 Å². The van der Waals surface area contributed by atoms with Gasteiger partial charge in [0.25, 0.3) is 5.91 Å². The fraction of sp³-hybridized carbons (Fsp3) is 0.533. The number of anilines is 1. The van der Waals surface area contributed by atoms with Crippen LogP contribution >= 0.6 is 0 Å². The maximum atomic E-state index is 13.7. The highest BCUT2D eigenvalue weighted by molar-refractivity contribution is 5.99. The Bertz CT molecular complexity index is 492. The summed E-state index contributed by atoms with van der Waals surface area (Å²) >= 11 is 0. The van der Waals surface area contributed by atoms with E-state index in [1.165, 1.54) is 12.5 Å². The zero-order chi connectivity index (χ0) is 14.7. The first-order valence-corrected chi connectivity index (χ1v) is 6.96. The summed E-state index contributed by atoms with van der Waals surface area (Å²) in [7, 11) is 5.48. The van der Waals surface area contributed by atoms with Crippen molar-refractivity contribution in [2.75, 3.05) is 39.5 Å². The van der Waals surface area contributed by atoms with Gasteiger partial charge in [-0.2, -0.15) is 0 Å². The lowest BCUT2D eigenvalue weighted by molar-refractivity contribution is 0.0762. The molecule has 1 N–H and O–H groups in total. The van der Waals surface area contributed by atoms with Gasteiger partial charge in [-0.05, 0) is 38.6 Å². The lowest BCUT2D eigenvalue weighted by atomic mass is 10.1. The molecule has 0 bridgehead atoms. The molecular formula is C15H22FN3O. The van der Waals surface area contributed by atoms with Gasteiger partial charge in [-0.15, -0.1) is 0 Å². The van der Waals surface area contributed by atoms with Gasteiger partial charge in [-0.1, -0.05) is 6.07 Å². The van der Waals surface area contributed by atoms with Gasteiger partial charge in [0.2, 0.25) is 0 Å². The molecule has 4 nitrogen and oxygen atoms in total. The van der Waals surface area contributed by atoms with Crippen LogP contribution in [0.1, 0.15) is 23.2 Å². The molecule has 1 saturated heterocycles. The Balaban J connectivity index is 2.12. The normalized spacial score (nSPS) is 19.1. The van der Waals surface area contributed by atoms with Crippen molar-refractivity contribution in [1.29, 1.82) is 0 Å². The summed E-state index contributed by atoms with van der Waals surface area (Å²) in [5, 5.41) is 2.77. The summed E-state index contributed by atoms with van der Waals surface area (Å²) in [5.74, 6) is -0.543. The van der Waals surface area contributed by atoms with Crippen LogP contribution in [-0.4, -0.2) is 56.0 Å². The molecule has 0 aliphatic carbocycles. The number of carbonyl (C=O) groups is 1. The number of carbonyl (C=O) groups excluding carboxylic acids is 1. The molecule has 2 rings (SSSR count). The van der Waals surface area contributed by atoms with Gasteiger partial charge < -0.3 is 15.1 Å². The minimum atomic E-state index is -0.398. The third kappa shape index (κ3) is 2.93. The third-order valence-electron chi connectivity index (χ3n) is 4.00. The summed E-state index contributed by atoms with van der Waals surface area (Å²) in [4.78, 5) is 16.4. The summed E-state index contributed by atoms with van der Waals surface area (Å²) < 4.78 is 13.7. The molecule has 1 aromatic carbocycles. The summed E-state index contributed by atoms with van der Waals surface area (Å²) in [6.45, 7) is 1.75. The van der Waals surface area contributed by atoms with E-state index in [0.29, 0.717) is 18.2 Å². The first-order chi connectivity index (χ1) is 9.54. The first kappa shape index (κ1) is 14.8. The van der Waals surface area contributed by atoms with E-state index < -0.39 is 5.82 Å². The van der Waals surface area contributed by atoms with Crippen molar-refractivity contribution in [1.82, 2.24) is 9.80 Å². The molecular weight excluding hydrogens is 257 g/mol. The van der Waals surface area contributed by atoms with E-state index in [9.17, 15) is 9.18 Å².